The lowest BCUT2D eigenvalue weighted by atomic mass is 10.1. The molecule has 0 aliphatic carbocycles. The van der Waals surface area contributed by atoms with Gasteiger partial charge < -0.3 is 15.6 Å². The van der Waals surface area contributed by atoms with Gasteiger partial charge in [-0.25, -0.2) is 14.6 Å². The van der Waals surface area contributed by atoms with Crippen LogP contribution in [-0.2, 0) is 18.4 Å². The number of hydrogen-bond donors (Lipinski definition) is 2. The van der Waals surface area contributed by atoms with Gasteiger partial charge in [-0.1, -0.05) is 18.2 Å². The summed E-state index contributed by atoms with van der Waals surface area (Å²) in [6.07, 6.45) is 7.50. The molecule has 1 aromatic carbocycles. The van der Waals surface area contributed by atoms with E-state index in [0.717, 1.165) is 16.7 Å². The van der Waals surface area contributed by atoms with Crippen molar-refractivity contribution in [3.63, 3.8) is 0 Å². The van der Waals surface area contributed by atoms with E-state index in [1.165, 1.54) is 10.7 Å². The van der Waals surface area contributed by atoms with Crippen molar-refractivity contribution in [1.82, 2.24) is 29.5 Å². The Balaban J connectivity index is 1.42. The normalized spacial score (nSPS) is 11.8. The van der Waals surface area contributed by atoms with Gasteiger partial charge in [-0.2, -0.15) is 10.2 Å². The minimum Gasteiger partial charge on any atom is -0.490 e. The number of aliphatic carboxylic acids is 1. The Kier molecular flexibility index (Phi) is 7.27. The summed E-state index contributed by atoms with van der Waals surface area (Å²) in [5.41, 5.74) is 8.43. The first-order valence-corrected chi connectivity index (χ1v) is 11.0. The van der Waals surface area contributed by atoms with Crippen LogP contribution in [0, 0.1) is 0 Å². The summed E-state index contributed by atoms with van der Waals surface area (Å²) in [6.45, 7) is 0.611. The Labute approximate surface area is 200 Å². The molecule has 0 spiro atoms. The first-order chi connectivity index (χ1) is 16.9. The van der Waals surface area contributed by atoms with Gasteiger partial charge in [-0.15, -0.1) is 0 Å². The molecule has 0 bridgehead atoms. The van der Waals surface area contributed by atoms with Gasteiger partial charge in [0.1, 0.15) is 6.04 Å². The summed E-state index contributed by atoms with van der Waals surface area (Å²) >= 11 is 0. The number of nitrogens with two attached hydrogens (primary N) is 1. The number of carboxylic acids is 1. The van der Waals surface area contributed by atoms with Crippen LogP contribution in [0.4, 0.5) is 0 Å². The van der Waals surface area contributed by atoms with Crippen LogP contribution in [0.25, 0.3) is 22.6 Å². The SMILES string of the molecule is Cn1cc(-c2ccc(=O)n(Cc3cccc(-c4ncc(OCCCC(N)C(=O)O)cn4)c3)n2)cn1. The molecule has 0 amide bonds. The van der Waals surface area contributed by atoms with Crippen molar-refractivity contribution in [3.05, 3.63) is 77.1 Å². The van der Waals surface area contributed by atoms with Crippen LogP contribution in [0.3, 0.4) is 0 Å². The van der Waals surface area contributed by atoms with Gasteiger partial charge in [0.25, 0.3) is 5.56 Å². The van der Waals surface area contributed by atoms with E-state index >= 15 is 0 Å². The molecule has 1 atom stereocenters. The maximum absolute atomic E-state index is 12.4. The smallest absolute Gasteiger partial charge is 0.320 e. The molecule has 11 heteroatoms. The van der Waals surface area contributed by atoms with E-state index in [9.17, 15) is 9.59 Å². The second-order valence-corrected chi connectivity index (χ2v) is 8.00. The van der Waals surface area contributed by atoms with Gasteiger partial charge in [-0.05, 0) is 30.5 Å². The average Bonchev–Trinajstić information content (AvgIpc) is 3.30. The highest BCUT2D eigenvalue weighted by atomic mass is 16.5. The lowest BCUT2D eigenvalue weighted by Gasteiger charge is -2.09. The Morgan fingerprint density at radius 2 is 1.94 bits per heavy atom. The Bertz CT molecular complexity index is 1360. The molecule has 0 aliphatic heterocycles. The molecule has 0 aliphatic rings. The highest BCUT2D eigenvalue weighted by molar-refractivity contribution is 5.72. The van der Waals surface area contributed by atoms with Crippen molar-refractivity contribution in [2.24, 2.45) is 12.8 Å². The van der Waals surface area contributed by atoms with E-state index in [4.69, 9.17) is 15.6 Å². The summed E-state index contributed by atoms with van der Waals surface area (Å²) in [6, 6.07) is 9.87. The van der Waals surface area contributed by atoms with Crippen molar-refractivity contribution in [2.45, 2.75) is 25.4 Å². The van der Waals surface area contributed by atoms with E-state index in [1.807, 2.05) is 37.5 Å². The van der Waals surface area contributed by atoms with Crippen LogP contribution < -0.4 is 16.0 Å². The average molecular weight is 476 g/mol. The van der Waals surface area contributed by atoms with Crippen LogP contribution in [-0.4, -0.2) is 53.3 Å². The van der Waals surface area contributed by atoms with Crippen LogP contribution in [0.2, 0.25) is 0 Å². The number of carbonyl (C=O) groups is 1. The lowest BCUT2D eigenvalue weighted by Crippen LogP contribution is -2.30. The van der Waals surface area contributed by atoms with Gasteiger partial charge in [0.2, 0.25) is 0 Å². The maximum atomic E-state index is 12.4. The van der Waals surface area contributed by atoms with Gasteiger partial charge in [0, 0.05) is 30.4 Å². The quantitative estimate of drug-likeness (QED) is 0.327. The molecule has 0 radical (unpaired) electrons. The third kappa shape index (κ3) is 6.15. The van der Waals surface area contributed by atoms with E-state index < -0.39 is 12.0 Å². The molecule has 1 unspecified atom stereocenters. The van der Waals surface area contributed by atoms with Crippen LogP contribution >= 0.6 is 0 Å². The molecular weight excluding hydrogens is 450 g/mol. The topological polar surface area (TPSA) is 151 Å². The number of hydrogen-bond acceptors (Lipinski definition) is 8. The molecule has 4 rings (SSSR count). The predicted molar refractivity (Wildman–Crippen MR) is 128 cm³/mol. The minimum atomic E-state index is -1.03. The highest BCUT2D eigenvalue weighted by Gasteiger charge is 2.11. The Morgan fingerprint density at radius 1 is 1.14 bits per heavy atom. The van der Waals surface area contributed by atoms with Crippen molar-refractivity contribution < 1.29 is 14.6 Å². The summed E-state index contributed by atoms with van der Waals surface area (Å²) < 4.78 is 8.66. The monoisotopic (exact) mass is 475 g/mol. The molecule has 3 heterocycles. The fraction of sp³-hybridized carbons (Fsp3) is 0.250. The minimum absolute atomic E-state index is 0.204. The number of aryl methyl sites for hydroxylation is 1. The standard InChI is InChI=1S/C24H25N7O4/c1-30-15-18(11-28-30)21-7-8-22(32)31(29-21)14-16-4-2-5-17(10-16)23-26-12-19(13-27-23)35-9-3-6-20(25)24(33)34/h2,4-5,7-8,10-13,15,20H,3,6,9,14,25H2,1H3,(H,33,34). The molecule has 3 aromatic heterocycles. The molecule has 3 N–H and O–H groups in total. The highest BCUT2D eigenvalue weighted by Crippen LogP contribution is 2.19. The third-order valence-electron chi connectivity index (χ3n) is 5.26. The Hall–Kier alpha value is -4.38. The molecule has 35 heavy (non-hydrogen) atoms. The van der Waals surface area contributed by atoms with Crippen molar-refractivity contribution in [2.75, 3.05) is 6.61 Å². The van der Waals surface area contributed by atoms with Gasteiger partial charge in [-0.3, -0.25) is 14.3 Å². The largest absolute Gasteiger partial charge is 0.490 e. The van der Waals surface area contributed by atoms with Crippen molar-refractivity contribution >= 4 is 5.97 Å². The number of carboxylic acid groups (broad SMARTS) is 1. The van der Waals surface area contributed by atoms with E-state index in [1.54, 1.807) is 29.3 Å². The van der Waals surface area contributed by atoms with Crippen LogP contribution in [0.1, 0.15) is 18.4 Å². The van der Waals surface area contributed by atoms with Gasteiger partial charge in [0.05, 0.1) is 37.4 Å². The summed E-state index contributed by atoms with van der Waals surface area (Å²) in [5.74, 6) is -0.0324. The fourth-order valence-electron chi connectivity index (χ4n) is 3.41. The summed E-state index contributed by atoms with van der Waals surface area (Å²) in [7, 11) is 1.82. The second kappa shape index (κ2) is 10.7. The second-order valence-electron chi connectivity index (χ2n) is 8.00. The summed E-state index contributed by atoms with van der Waals surface area (Å²) in [5, 5.41) is 17.4. The Morgan fingerprint density at radius 3 is 2.66 bits per heavy atom. The van der Waals surface area contributed by atoms with Crippen molar-refractivity contribution in [3.8, 4) is 28.4 Å². The van der Waals surface area contributed by atoms with Crippen LogP contribution in [0.15, 0.2) is 66.0 Å². The zero-order chi connectivity index (χ0) is 24.8. The molecular formula is C24H25N7O4. The summed E-state index contributed by atoms with van der Waals surface area (Å²) in [4.78, 5) is 31.9. The molecule has 0 saturated heterocycles. The third-order valence-corrected chi connectivity index (χ3v) is 5.26. The zero-order valence-corrected chi connectivity index (χ0v) is 19.1. The van der Waals surface area contributed by atoms with E-state index in [0.29, 0.717) is 43.3 Å². The van der Waals surface area contributed by atoms with Crippen LogP contribution in [0.5, 0.6) is 5.75 Å². The number of rotatable bonds is 10. The van der Waals surface area contributed by atoms with E-state index in [-0.39, 0.29) is 5.56 Å². The first kappa shape index (κ1) is 23.8. The number of benzene rings is 1. The van der Waals surface area contributed by atoms with Gasteiger partial charge >= 0.3 is 5.97 Å². The first-order valence-electron chi connectivity index (χ1n) is 11.0. The lowest BCUT2D eigenvalue weighted by molar-refractivity contribution is -0.138. The van der Waals surface area contributed by atoms with Gasteiger partial charge in [0.15, 0.2) is 11.6 Å². The molecule has 4 aromatic rings. The maximum Gasteiger partial charge on any atom is 0.320 e. The predicted octanol–water partition coefficient (Wildman–Crippen LogP) is 1.72. The molecule has 0 saturated carbocycles. The number of aromatic nitrogens is 6. The fourth-order valence-corrected chi connectivity index (χ4v) is 3.41. The zero-order valence-electron chi connectivity index (χ0n) is 19.1. The molecule has 11 nitrogen and oxygen atoms in total. The molecule has 0 fully saturated rings. The number of nitrogens with zero attached hydrogens (tertiary/aromatic N) is 6. The van der Waals surface area contributed by atoms with E-state index in [2.05, 4.69) is 20.2 Å². The molecule has 180 valence electrons. The van der Waals surface area contributed by atoms with Crippen molar-refractivity contribution in [1.29, 1.82) is 0 Å². The number of ether oxygens (including phenoxy) is 1.